The van der Waals surface area contributed by atoms with Gasteiger partial charge in [0.15, 0.2) is 0 Å². The van der Waals surface area contributed by atoms with Gasteiger partial charge in [-0.05, 0) is 86.5 Å². The van der Waals surface area contributed by atoms with Gasteiger partial charge in [0.05, 0.1) is 77.7 Å². The van der Waals surface area contributed by atoms with E-state index < -0.39 is 56.9 Å². The molecule has 564 valence electrons. The highest BCUT2D eigenvalue weighted by Gasteiger charge is 2.31. The average molecular weight is 1410 g/mol. The number of esters is 2. The number of hydrogen-bond acceptors (Lipinski definition) is 18. The Hall–Kier alpha value is -3.59. The second kappa shape index (κ2) is 60.2. The quantitative estimate of drug-likeness (QED) is 0.0145. The van der Waals surface area contributed by atoms with Crippen molar-refractivity contribution in [2.24, 2.45) is 0 Å². The normalized spacial score (nSPS) is 14.3. The van der Waals surface area contributed by atoms with E-state index in [0.717, 1.165) is 109 Å². The van der Waals surface area contributed by atoms with E-state index in [1.54, 1.807) is 47.6 Å². The molecule has 4 N–H and O–H groups in total. The van der Waals surface area contributed by atoms with Crippen LogP contribution in [0.15, 0.2) is 25.3 Å². The number of phosphoric acid groups is 1. The fourth-order valence-corrected chi connectivity index (χ4v) is 12.8. The summed E-state index contributed by atoms with van der Waals surface area (Å²) in [5.41, 5.74) is -1.63. The summed E-state index contributed by atoms with van der Waals surface area (Å²) in [5.74, 6) is -0.403. The number of nitrogens with one attached hydrogen (secondary N) is 4. The largest absolute Gasteiger partial charge is 0.475 e. The SMILES string of the molecule is C=CCCP(=O)(OCCNC(=O)NCCOP(=O)(OCC=C)OC[C@@H](COCC[C@@H](CCCCCCC)OC(=O)CCCCCCCCCCC)NC(=O)OC(C)(C)C)OC[C@@H](COCC[C@@H](CCCCCCC)OC(=O)CCCCCCCCCCC)NC(=O)OC(C)(C)C. The van der Waals surface area contributed by atoms with Crippen molar-refractivity contribution in [2.45, 2.75) is 329 Å². The number of unbranched alkanes of at least 4 members (excludes halogenated alkanes) is 24. The van der Waals surface area contributed by atoms with E-state index in [4.69, 9.17) is 51.0 Å². The zero-order valence-electron chi connectivity index (χ0n) is 61.9. The number of ether oxygens (including phenoxy) is 6. The Morgan fingerprint density at radius 3 is 1.19 bits per heavy atom. The van der Waals surface area contributed by atoms with Gasteiger partial charge in [0.1, 0.15) is 23.4 Å². The van der Waals surface area contributed by atoms with Crippen molar-refractivity contribution in [3.63, 3.8) is 0 Å². The van der Waals surface area contributed by atoms with Gasteiger partial charge in [-0.25, -0.2) is 18.9 Å². The topological polar surface area (TPSA) is 269 Å². The number of phosphoric ester groups is 1. The Morgan fingerprint density at radius 1 is 0.427 bits per heavy atom. The smallest absolute Gasteiger partial charge is 0.462 e. The van der Waals surface area contributed by atoms with E-state index in [9.17, 15) is 33.1 Å². The number of allylic oxidation sites excluding steroid dienone is 1. The zero-order chi connectivity index (χ0) is 71.5. The number of hydrogen-bond donors (Lipinski definition) is 4. The van der Waals surface area contributed by atoms with E-state index in [1.807, 2.05) is 0 Å². The molecule has 0 aliphatic rings. The van der Waals surface area contributed by atoms with Crippen LogP contribution in [0, 0.1) is 0 Å². The van der Waals surface area contributed by atoms with Crippen molar-refractivity contribution < 1.29 is 84.1 Å². The predicted molar refractivity (Wildman–Crippen MR) is 384 cm³/mol. The molecular formula is C72H138N4O18P2. The summed E-state index contributed by atoms with van der Waals surface area (Å²) in [4.78, 5) is 65.0. The van der Waals surface area contributed by atoms with Gasteiger partial charge >= 0.3 is 45.6 Å². The fourth-order valence-electron chi connectivity index (χ4n) is 10.0. The lowest BCUT2D eigenvalue weighted by Gasteiger charge is -2.26. The minimum atomic E-state index is -4.34. The molecule has 0 aliphatic heterocycles. The molecule has 0 radical (unpaired) electrons. The van der Waals surface area contributed by atoms with Crippen LogP contribution in [0.4, 0.5) is 14.4 Å². The zero-order valence-corrected chi connectivity index (χ0v) is 63.6. The molecule has 0 spiro atoms. The molecule has 2 unspecified atom stereocenters. The predicted octanol–water partition coefficient (Wildman–Crippen LogP) is 18.4. The molecular weight excluding hydrogens is 1270 g/mol. The van der Waals surface area contributed by atoms with E-state index in [0.29, 0.717) is 32.1 Å². The molecule has 0 aromatic heterocycles. The molecule has 0 saturated heterocycles. The van der Waals surface area contributed by atoms with Gasteiger partial charge in [0, 0.05) is 38.8 Å². The third kappa shape index (κ3) is 59.3. The molecule has 0 saturated carbocycles. The summed E-state index contributed by atoms with van der Waals surface area (Å²) >= 11 is 0. The standard InChI is InChI=1S/C72H138N4O18P2/c1-13-19-24-28-30-32-34-38-42-46-66(77)91-64(44-40-36-26-21-15-3)48-53-84-58-62(75-69(80)93-71(7,8)9)60-89-95(82,57-23-17-5)86-55-50-73-68(79)74-51-56-88-96(83,87-52-18-6)90-61-63(76-70(81)94-72(10,11)12)59-85-54-49-65(45-41-37-27-22-16-4)92-67(78)47-43-39-35-33-31-29-25-20-14-2/h17-18,62-65H,5-6,13-16,19-61H2,1-4,7-12H3,(H,75,80)(H,76,81)(H2,73,74,79)/t62-,63-,64-,65-,95?,96?/m1/s1. The summed E-state index contributed by atoms with van der Waals surface area (Å²) in [6, 6.07) is -2.35. The fraction of sp³-hybridized carbons (Fsp3) is 0.875. The molecule has 0 heterocycles. The van der Waals surface area contributed by atoms with Crippen molar-refractivity contribution in [1.82, 2.24) is 21.3 Å². The van der Waals surface area contributed by atoms with E-state index >= 15 is 0 Å². The van der Waals surface area contributed by atoms with Crippen LogP contribution < -0.4 is 21.3 Å². The van der Waals surface area contributed by atoms with Crippen molar-refractivity contribution >= 4 is 45.6 Å². The van der Waals surface area contributed by atoms with Crippen molar-refractivity contribution in [3.8, 4) is 0 Å². The maximum absolute atomic E-state index is 14.2. The van der Waals surface area contributed by atoms with E-state index in [1.165, 1.54) is 83.1 Å². The number of carbonyl (C=O) groups is 5. The third-order valence-electron chi connectivity index (χ3n) is 15.2. The maximum Gasteiger partial charge on any atom is 0.475 e. The molecule has 96 heavy (non-hydrogen) atoms. The van der Waals surface area contributed by atoms with Crippen LogP contribution in [0.5, 0.6) is 0 Å². The second-order valence-electron chi connectivity index (χ2n) is 27.1. The van der Waals surface area contributed by atoms with Gasteiger partial charge in [-0.1, -0.05) is 194 Å². The highest BCUT2D eigenvalue weighted by atomic mass is 31.2. The lowest BCUT2D eigenvalue weighted by atomic mass is 10.1. The summed E-state index contributed by atoms with van der Waals surface area (Å²) < 4.78 is 91.8. The number of amides is 4. The van der Waals surface area contributed by atoms with Crippen LogP contribution in [0.25, 0.3) is 0 Å². The number of carbonyl (C=O) groups excluding carboxylic acids is 5. The van der Waals surface area contributed by atoms with E-state index in [-0.39, 0.29) is 109 Å². The van der Waals surface area contributed by atoms with Gasteiger partial charge in [-0.3, -0.25) is 27.7 Å². The molecule has 6 atom stereocenters. The minimum absolute atomic E-state index is 0.0358. The van der Waals surface area contributed by atoms with Crippen LogP contribution in [-0.4, -0.2) is 144 Å². The highest BCUT2D eigenvalue weighted by Crippen LogP contribution is 2.50. The van der Waals surface area contributed by atoms with Crippen molar-refractivity contribution in [2.75, 3.05) is 78.7 Å². The van der Waals surface area contributed by atoms with Gasteiger partial charge in [0.2, 0.25) is 0 Å². The van der Waals surface area contributed by atoms with Crippen molar-refractivity contribution in [3.05, 3.63) is 25.3 Å². The highest BCUT2D eigenvalue weighted by molar-refractivity contribution is 7.53. The summed E-state index contributed by atoms with van der Waals surface area (Å²) in [7, 11) is -8.20. The first-order valence-electron chi connectivity index (χ1n) is 37.1. The second-order valence-corrected chi connectivity index (χ2v) is 30.9. The molecule has 0 aromatic rings. The Bertz CT molecular complexity index is 1940. The van der Waals surface area contributed by atoms with Gasteiger partial charge in [-0.15, -0.1) is 13.2 Å². The first kappa shape index (κ1) is 92.4. The van der Waals surface area contributed by atoms with Crippen molar-refractivity contribution in [1.29, 1.82) is 0 Å². The van der Waals surface area contributed by atoms with Crippen LogP contribution in [0.1, 0.15) is 294 Å². The summed E-state index contributed by atoms with van der Waals surface area (Å²) in [6.07, 6.45) is 35.7. The molecule has 0 aromatic carbocycles. The third-order valence-corrected chi connectivity index (χ3v) is 18.6. The van der Waals surface area contributed by atoms with Crippen LogP contribution >= 0.6 is 15.4 Å². The van der Waals surface area contributed by atoms with Crippen LogP contribution in [0.3, 0.4) is 0 Å². The van der Waals surface area contributed by atoms with Gasteiger partial charge < -0.3 is 58.7 Å². The monoisotopic (exact) mass is 1410 g/mol. The first-order valence-corrected chi connectivity index (χ1v) is 40.3. The Kier molecular flexibility index (Phi) is 57.9. The number of alkyl carbamates (subject to hydrolysis) is 2. The number of urea groups is 1. The summed E-state index contributed by atoms with van der Waals surface area (Å²) in [6.45, 7) is 25.2. The van der Waals surface area contributed by atoms with Gasteiger partial charge in [0.25, 0.3) is 0 Å². The Balaban J connectivity index is 5.65. The molecule has 0 aliphatic carbocycles. The minimum Gasteiger partial charge on any atom is -0.462 e. The Morgan fingerprint density at radius 2 is 0.802 bits per heavy atom. The molecule has 4 amide bonds. The Labute approximate surface area is 582 Å². The average Bonchev–Trinajstić information content (AvgIpc) is 1.07. The molecule has 0 rings (SSSR count). The first-order chi connectivity index (χ1) is 45.9. The lowest BCUT2D eigenvalue weighted by molar-refractivity contribution is -0.151. The van der Waals surface area contributed by atoms with Gasteiger partial charge in [-0.2, -0.15) is 0 Å². The molecule has 24 heteroatoms. The lowest BCUT2D eigenvalue weighted by Crippen LogP contribution is -2.44. The van der Waals surface area contributed by atoms with E-state index in [2.05, 4.69) is 62.1 Å². The van der Waals surface area contributed by atoms with Crippen LogP contribution in [0.2, 0.25) is 0 Å². The maximum atomic E-state index is 14.2. The van der Waals surface area contributed by atoms with Crippen LogP contribution in [-0.2, 0) is 69.8 Å². The molecule has 0 fully saturated rings. The summed E-state index contributed by atoms with van der Waals surface area (Å²) in [5, 5.41) is 10.7. The molecule has 0 bridgehead atoms. The molecule has 22 nitrogen and oxygen atoms in total. The number of rotatable bonds is 66.